The molecule has 4 heterocycles. The average molecular weight is 351 g/mol. The van der Waals surface area contributed by atoms with Gasteiger partial charge in [-0.15, -0.1) is 0 Å². The van der Waals surface area contributed by atoms with Crippen LogP contribution in [0.3, 0.4) is 0 Å². The molecule has 3 aromatic heterocycles. The Morgan fingerprint density at radius 1 is 1.19 bits per heavy atom. The summed E-state index contributed by atoms with van der Waals surface area (Å²) >= 11 is 0. The summed E-state index contributed by atoms with van der Waals surface area (Å²) in [5.41, 5.74) is 2.58. The van der Waals surface area contributed by atoms with E-state index in [1.807, 2.05) is 16.8 Å². The molecule has 0 unspecified atom stereocenters. The van der Waals surface area contributed by atoms with Gasteiger partial charge in [0.2, 0.25) is 0 Å². The van der Waals surface area contributed by atoms with Gasteiger partial charge in [0, 0.05) is 55.3 Å². The van der Waals surface area contributed by atoms with E-state index in [1.165, 1.54) is 0 Å². The van der Waals surface area contributed by atoms with Gasteiger partial charge in [0.1, 0.15) is 5.65 Å². The van der Waals surface area contributed by atoms with Gasteiger partial charge in [-0.25, -0.2) is 4.98 Å². The number of amides is 2. The Bertz CT molecular complexity index is 1060. The number of fused-ring (bicyclic) bond motifs is 1. The van der Waals surface area contributed by atoms with Crippen LogP contribution >= 0.6 is 0 Å². The summed E-state index contributed by atoms with van der Waals surface area (Å²) in [7, 11) is 1.75. The van der Waals surface area contributed by atoms with Gasteiger partial charge in [0.25, 0.3) is 11.8 Å². The highest BCUT2D eigenvalue weighted by atomic mass is 16.3. The number of carbonyl (C=O) groups excluding carboxylic acids is 2. The van der Waals surface area contributed by atoms with Crippen molar-refractivity contribution in [2.75, 3.05) is 6.61 Å². The summed E-state index contributed by atoms with van der Waals surface area (Å²) in [6, 6.07) is 3.66. The summed E-state index contributed by atoms with van der Waals surface area (Å²) in [5.74, 6) is -0.864. The van der Waals surface area contributed by atoms with Crippen LogP contribution in [0.4, 0.5) is 0 Å². The number of hydrogen-bond donors (Lipinski definition) is 2. The molecule has 8 nitrogen and oxygen atoms in total. The number of aryl methyl sites for hydroxylation is 2. The molecule has 0 fully saturated rings. The van der Waals surface area contributed by atoms with Gasteiger partial charge in [-0.3, -0.25) is 19.6 Å². The van der Waals surface area contributed by atoms with E-state index in [1.54, 1.807) is 36.4 Å². The monoisotopic (exact) mass is 351 g/mol. The number of imide groups is 1. The van der Waals surface area contributed by atoms with Gasteiger partial charge < -0.3 is 9.67 Å². The van der Waals surface area contributed by atoms with E-state index >= 15 is 0 Å². The minimum absolute atomic E-state index is 0.0600. The summed E-state index contributed by atoms with van der Waals surface area (Å²) in [5, 5.41) is 16.4. The van der Waals surface area contributed by atoms with Crippen LogP contribution in [-0.4, -0.2) is 42.9 Å². The average Bonchev–Trinajstić information content (AvgIpc) is 3.28. The predicted octanol–water partition coefficient (Wildman–Crippen LogP) is 0.719. The molecule has 26 heavy (non-hydrogen) atoms. The summed E-state index contributed by atoms with van der Waals surface area (Å²) in [6.45, 7) is 0.625. The number of rotatable bonds is 5. The van der Waals surface area contributed by atoms with Crippen LogP contribution in [0.15, 0.2) is 36.9 Å². The van der Waals surface area contributed by atoms with Gasteiger partial charge >= 0.3 is 0 Å². The second-order valence-corrected chi connectivity index (χ2v) is 6.12. The van der Waals surface area contributed by atoms with Crippen molar-refractivity contribution in [3.63, 3.8) is 0 Å². The molecule has 0 radical (unpaired) electrons. The van der Waals surface area contributed by atoms with Gasteiger partial charge in [-0.05, 0) is 18.6 Å². The molecule has 0 saturated heterocycles. The van der Waals surface area contributed by atoms with E-state index in [2.05, 4.69) is 15.4 Å². The number of carbonyl (C=O) groups is 2. The van der Waals surface area contributed by atoms with Crippen molar-refractivity contribution < 1.29 is 14.7 Å². The molecule has 0 spiro atoms. The second-order valence-electron chi connectivity index (χ2n) is 6.12. The lowest BCUT2D eigenvalue weighted by Gasteiger charge is -2.01. The Balaban J connectivity index is 1.96. The number of nitrogens with zero attached hydrogens (tertiary/aromatic N) is 4. The van der Waals surface area contributed by atoms with E-state index in [0.717, 1.165) is 5.39 Å². The molecule has 8 heteroatoms. The van der Waals surface area contributed by atoms with Crippen molar-refractivity contribution in [3.8, 4) is 0 Å². The Hall–Kier alpha value is -3.26. The highest BCUT2D eigenvalue weighted by Gasteiger charge is 2.34. The third kappa shape index (κ3) is 2.51. The first-order chi connectivity index (χ1) is 12.6. The molecule has 0 saturated carbocycles. The largest absolute Gasteiger partial charge is 0.396 e. The minimum Gasteiger partial charge on any atom is -0.396 e. The number of pyridine rings is 1. The molecule has 3 aromatic rings. The molecule has 1 aliphatic heterocycles. The smallest absolute Gasteiger partial charge is 0.259 e. The maximum Gasteiger partial charge on any atom is 0.259 e. The molecular weight excluding hydrogens is 334 g/mol. The molecule has 1 aliphatic rings. The van der Waals surface area contributed by atoms with Crippen LogP contribution in [0.1, 0.15) is 17.5 Å². The SMILES string of the molecule is Cn1cc(C2=C(c3cn(CCCO)c4ncccc34)C(=O)NC2=O)cn1. The standard InChI is InChI=1S/C18H17N5O3/c1-22-9-11(8-20-22)14-15(18(26)21-17(14)25)13-10-23(6-3-7-24)16-12(13)4-2-5-19-16/h2,4-5,8-10,24H,3,6-7H2,1H3,(H,21,25,26). The van der Waals surface area contributed by atoms with Crippen molar-refractivity contribution in [2.24, 2.45) is 7.05 Å². The van der Waals surface area contributed by atoms with Crippen molar-refractivity contribution >= 4 is 34.0 Å². The Labute approximate surface area is 148 Å². The highest BCUT2D eigenvalue weighted by molar-refractivity contribution is 6.49. The fourth-order valence-corrected chi connectivity index (χ4v) is 3.27. The lowest BCUT2D eigenvalue weighted by Crippen LogP contribution is -2.22. The van der Waals surface area contributed by atoms with E-state index in [-0.39, 0.29) is 6.61 Å². The number of hydrogen-bond acceptors (Lipinski definition) is 5. The maximum atomic E-state index is 12.6. The fraction of sp³-hybridized carbons (Fsp3) is 0.222. The Kier molecular flexibility index (Phi) is 3.89. The molecule has 132 valence electrons. The number of aliphatic hydroxyl groups is 1. The lowest BCUT2D eigenvalue weighted by molar-refractivity contribution is -0.122. The van der Waals surface area contributed by atoms with Crippen LogP contribution < -0.4 is 5.32 Å². The Morgan fingerprint density at radius 3 is 2.73 bits per heavy atom. The topological polar surface area (TPSA) is 102 Å². The number of aromatic nitrogens is 4. The maximum absolute atomic E-state index is 12.6. The normalized spacial score (nSPS) is 14.5. The summed E-state index contributed by atoms with van der Waals surface area (Å²) in [4.78, 5) is 29.4. The molecule has 0 atom stereocenters. The van der Waals surface area contributed by atoms with Crippen LogP contribution in [0, 0.1) is 0 Å². The molecule has 2 N–H and O–H groups in total. The zero-order chi connectivity index (χ0) is 18.3. The van der Waals surface area contributed by atoms with Gasteiger partial charge in [-0.2, -0.15) is 5.10 Å². The third-order valence-corrected chi connectivity index (χ3v) is 4.39. The Morgan fingerprint density at radius 2 is 2.00 bits per heavy atom. The van der Waals surface area contributed by atoms with Crippen LogP contribution in [-0.2, 0) is 23.2 Å². The first kappa shape index (κ1) is 16.2. The summed E-state index contributed by atoms with van der Waals surface area (Å²) in [6.07, 6.45) is 7.34. The zero-order valence-corrected chi connectivity index (χ0v) is 14.1. The molecular formula is C18H17N5O3. The van der Waals surface area contributed by atoms with Gasteiger partial charge in [0.15, 0.2) is 0 Å². The van der Waals surface area contributed by atoms with E-state index in [0.29, 0.717) is 40.9 Å². The molecule has 0 aromatic carbocycles. The van der Waals surface area contributed by atoms with Crippen molar-refractivity contribution in [3.05, 3.63) is 48.0 Å². The third-order valence-electron chi connectivity index (χ3n) is 4.39. The molecule has 0 bridgehead atoms. The molecule has 2 amide bonds. The van der Waals surface area contributed by atoms with Crippen LogP contribution in [0.25, 0.3) is 22.2 Å². The van der Waals surface area contributed by atoms with E-state index in [4.69, 9.17) is 5.11 Å². The van der Waals surface area contributed by atoms with Gasteiger partial charge in [-0.1, -0.05) is 0 Å². The second kappa shape index (κ2) is 6.23. The first-order valence-corrected chi connectivity index (χ1v) is 8.24. The molecule has 4 rings (SSSR count). The quantitative estimate of drug-likeness (QED) is 0.660. The highest BCUT2D eigenvalue weighted by Crippen LogP contribution is 2.35. The van der Waals surface area contributed by atoms with Crippen LogP contribution in [0.2, 0.25) is 0 Å². The lowest BCUT2D eigenvalue weighted by atomic mass is 9.98. The van der Waals surface area contributed by atoms with Crippen molar-refractivity contribution in [1.29, 1.82) is 0 Å². The first-order valence-electron chi connectivity index (χ1n) is 8.24. The van der Waals surface area contributed by atoms with E-state index in [9.17, 15) is 9.59 Å². The van der Waals surface area contributed by atoms with Crippen molar-refractivity contribution in [2.45, 2.75) is 13.0 Å². The zero-order valence-electron chi connectivity index (χ0n) is 14.1. The number of aliphatic hydroxyl groups excluding tert-OH is 1. The number of nitrogens with one attached hydrogen (secondary N) is 1. The van der Waals surface area contributed by atoms with E-state index < -0.39 is 11.8 Å². The molecule has 0 aliphatic carbocycles. The van der Waals surface area contributed by atoms with Crippen molar-refractivity contribution in [1.82, 2.24) is 24.6 Å². The van der Waals surface area contributed by atoms with Gasteiger partial charge in [0.05, 0.1) is 17.3 Å². The minimum atomic E-state index is -0.432. The predicted molar refractivity (Wildman–Crippen MR) is 94.6 cm³/mol. The van der Waals surface area contributed by atoms with Crippen LogP contribution in [0.5, 0.6) is 0 Å². The summed E-state index contributed by atoms with van der Waals surface area (Å²) < 4.78 is 3.48. The fourth-order valence-electron chi connectivity index (χ4n) is 3.27.